The van der Waals surface area contributed by atoms with E-state index in [9.17, 15) is 18.0 Å². The Morgan fingerprint density at radius 1 is 0.974 bits per heavy atom. The molecule has 3 unspecified atom stereocenters. The Bertz CT molecular complexity index is 1240. The number of amides is 2. The van der Waals surface area contributed by atoms with Crippen molar-refractivity contribution in [1.82, 2.24) is 9.80 Å². The highest BCUT2D eigenvalue weighted by atomic mass is 32.2. The van der Waals surface area contributed by atoms with Gasteiger partial charge in [-0.05, 0) is 70.1 Å². The van der Waals surface area contributed by atoms with Crippen LogP contribution in [0.1, 0.15) is 44.7 Å². The second kappa shape index (κ2) is 12.0. The van der Waals surface area contributed by atoms with Crippen molar-refractivity contribution in [3.8, 4) is 0 Å². The van der Waals surface area contributed by atoms with E-state index in [0.717, 1.165) is 11.1 Å². The van der Waals surface area contributed by atoms with Gasteiger partial charge in [0.05, 0.1) is 17.5 Å². The van der Waals surface area contributed by atoms with Crippen LogP contribution in [-0.4, -0.2) is 68.3 Å². The summed E-state index contributed by atoms with van der Waals surface area (Å²) in [6.07, 6.45) is 0.272. The summed E-state index contributed by atoms with van der Waals surface area (Å²) in [7, 11) is -3.88. The van der Waals surface area contributed by atoms with Gasteiger partial charge in [0, 0.05) is 19.6 Å². The zero-order valence-electron chi connectivity index (χ0n) is 23.0. The Labute approximate surface area is 231 Å². The van der Waals surface area contributed by atoms with Crippen LogP contribution in [0.15, 0.2) is 59.5 Å². The number of benzene rings is 2. The third-order valence-corrected chi connectivity index (χ3v) is 8.53. The molecule has 4 rings (SSSR count). The summed E-state index contributed by atoms with van der Waals surface area (Å²) in [5.41, 5.74) is 1.19. The first-order chi connectivity index (χ1) is 18.4. The molecule has 212 valence electrons. The summed E-state index contributed by atoms with van der Waals surface area (Å²) in [4.78, 5) is 29.5. The lowest BCUT2D eigenvalue weighted by Crippen LogP contribution is -2.52. The van der Waals surface area contributed by atoms with Crippen LogP contribution in [0.2, 0.25) is 0 Å². The van der Waals surface area contributed by atoms with Gasteiger partial charge in [-0.25, -0.2) is 9.59 Å². The number of hydrogen-bond acceptors (Lipinski definition) is 7. The SMILES string of the molecule is Cc1ccc(S(=O)(=O)OCCC2CN(C(=O)OC(C)(C)C)C3CN(C(=O)OCc4ccccc4)CCC23)cc1. The standard InChI is InChI=1S/C29H38N2O7S/c1-21-10-12-24(13-11-21)39(34,35)37-17-15-23-18-31(28(33)38-29(2,3)4)26-19-30(16-14-25(23)26)27(32)36-20-22-8-6-5-7-9-22/h5-13,23,25-26H,14-20H2,1-4H3. The molecule has 0 aliphatic carbocycles. The number of hydrogen-bond donors (Lipinski definition) is 0. The van der Waals surface area contributed by atoms with Crippen LogP contribution in [0.5, 0.6) is 0 Å². The summed E-state index contributed by atoms with van der Waals surface area (Å²) in [6, 6.07) is 15.8. The van der Waals surface area contributed by atoms with Gasteiger partial charge in [-0.15, -0.1) is 0 Å². The number of nitrogens with zero attached hydrogens (tertiary/aromatic N) is 2. The molecule has 0 saturated carbocycles. The average Bonchev–Trinajstić information content (AvgIpc) is 3.25. The molecule has 0 aromatic heterocycles. The van der Waals surface area contributed by atoms with E-state index in [2.05, 4.69) is 0 Å². The number of piperidine rings is 1. The molecule has 3 atom stereocenters. The minimum atomic E-state index is -3.88. The van der Waals surface area contributed by atoms with Crippen molar-refractivity contribution < 1.29 is 31.7 Å². The third kappa shape index (κ3) is 7.51. The van der Waals surface area contributed by atoms with E-state index >= 15 is 0 Å². The summed E-state index contributed by atoms with van der Waals surface area (Å²) in [5.74, 6) is 0.0968. The monoisotopic (exact) mass is 558 g/mol. The maximum absolute atomic E-state index is 13.1. The van der Waals surface area contributed by atoms with Gasteiger partial charge in [0.25, 0.3) is 10.1 Å². The summed E-state index contributed by atoms with van der Waals surface area (Å²) in [5, 5.41) is 0. The van der Waals surface area contributed by atoms with Gasteiger partial charge in [-0.3, -0.25) is 4.18 Å². The molecule has 2 fully saturated rings. The Hall–Kier alpha value is -3.11. The first kappa shape index (κ1) is 28.9. The molecule has 2 heterocycles. The second-order valence-corrected chi connectivity index (χ2v) is 12.9. The molecule has 2 aliphatic heterocycles. The van der Waals surface area contributed by atoms with Crippen molar-refractivity contribution >= 4 is 22.3 Å². The Balaban J connectivity index is 1.40. The van der Waals surface area contributed by atoms with Crippen molar-refractivity contribution in [2.24, 2.45) is 11.8 Å². The van der Waals surface area contributed by atoms with Gasteiger partial charge in [0.15, 0.2) is 0 Å². The number of carbonyl (C=O) groups is 2. The van der Waals surface area contributed by atoms with Gasteiger partial charge in [0.2, 0.25) is 0 Å². The normalized spacial score (nSPS) is 21.4. The van der Waals surface area contributed by atoms with Crippen molar-refractivity contribution in [3.05, 3.63) is 65.7 Å². The molecule has 2 aliphatic rings. The van der Waals surface area contributed by atoms with Gasteiger partial charge >= 0.3 is 12.2 Å². The molecule has 0 N–H and O–H groups in total. The predicted octanol–water partition coefficient (Wildman–Crippen LogP) is 4.98. The first-order valence-corrected chi connectivity index (χ1v) is 14.7. The minimum Gasteiger partial charge on any atom is -0.445 e. The average molecular weight is 559 g/mol. The van der Waals surface area contributed by atoms with Crippen molar-refractivity contribution in [2.75, 3.05) is 26.2 Å². The topological polar surface area (TPSA) is 102 Å². The van der Waals surface area contributed by atoms with Crippen LogP contribution in [-0.2, 0) is 30.4 Å². The molecular formula is C29H38N2O7S. The van der Waals surface area contributed by atoms with E-state index < -0.39 is 27.9 Å². The maximum Gasteiger partial charge on any atom is 0.410 e. The molecule has 39 heavy (non-hydrogen) atoms. The summed E-state index contributed by atoms with van der Waals surface area (Å²) in [6.45, 7) is 8.75. The summed E-state index contributed by atoms with van der Waals surface area (Å²) >= 11 is 0. The molecule has 0 bridgehead atoms. The maximum atomic E-state index is 13.1. The molecule has 9 nitrogen and oxygen atoms in total. The third-order valence-electron chi connectivity index (χ3n) is 7.20. The smallest absolute Gasteiger partial charge is 0.410 e. The van der Waals surface area contributed by atoms with E-state index in [1.165, 1.54) is 12.1 Å². The first-order valence-electron chi connectivity index (χ1n) is 13.3. The highest BCUT2D eigenvalue weighted by Crippen LogP contribution is 2.39. The highest BCUT2D eigenvalue weighted by molar-refractivity contribution is 7.86. The Morgan fingerprint density at radius 3 is 2.33 bits per heavy atom. The predicted molar refractivity (Wildman–Crippen MR) is 145 cm³/mol. The van der Waals surface area contributed by atoms with E-state index in [1.807, 2.05) is 58.0 Å². The Morgan fingerprint density at radius 2 is 1.67 bits per heavy atom. The molecule has 0 spiro atoms. The fourth-order valence-electron chi connectivity index (χ4n) is 5.25. The lowest BCUT2D eigenvalue weighted by Gasteiger charge is -2.38. The molecule has 2 aromatic rings. The van der Waals surface area contributed by atoms with E-state index in [1.54, 1.807) is 21.9 Å². The van der Waals surface area contributed by atoms with Gasteiger partial charge < -0.3 is 19.3 Å². The molecular weight excluding hydrogens is 520 g/mol. The number of likely N-dealkylation sites (tertiary alicyclic amines) is 2. The van der Waals surface area contributed by atoms with Crippen molar-refractivity contribution in [1.29, 1.82) is 0 Å². The zero-order valence-corrected chi connectivity index (χ0v) is 23.9. The quantitative estimate of drug-likeness (QED) is 0.442. The van der Waals surface area contributed by atoms with Crippen LogP contribution in [0.3, 0.4) is 0 Å². The van der Waals surface area contributed by atoms with Crippen LogP contribution in [0.25, 0.3) is 0 Å². The summed E-state index contributed by atoms with van der Waals surface area (Å²) < 4.78 is 41.9. The zero-order chi connectivity index (χ0) is 28.2. The van der Waals surface area contributed by atoms with Crippen LogP contribution in [0.4, 0.5) is 9.59 Å². The molecule has 2 amide bonds. The van der Waals surface area contributed by atoms with E-state index in [0.29, 0.717) is 32.5 Å². The van der Waals surface area contributed by atoms with Gasteiger partial charge in [0.1, 0.15) is 12.2 Å². The largest absolute Gasteiger partial charge is 0.445 e. The van der Waals surface area contributed by atoms with E-state index in [4.69, 9.17) is 13.7 Å². The molecule has 10 heteroatoms. The minimum absolute atomic E-state index is 0.00901. The van der Waals surface area contributed by atoms with Gasteiger partial charge in [-0.1, -0.05) is 48.0 Å². The van der Waals surface area contributed by atoms with E-state index in [-0.39, 0.29) is 36.0 Å². The number of ether oxygens (including phenoxy) is 2. The lowest BCUT2D eigenvalue weighted by atomic mass is 9.83. The fourth-order valence-corrected chi connectivity index (χ4v) is 6.17. The Kier molecular flexibility index (Phi) is 8.86. The molecule has 0 radical (unpaired) electrons. The lowest BCUT2D eigenvalue weighted by molar-refractivity contribution is 0.0107. The molecule has 2 aromatic carbocycles. The number of carbonyl (C=O) groups excluding carboxylic acids is 2. The number of rotatable bonds is 7. The van der Waals surface area contributed by atoms with Crippen molar-refractivity contribution in [2.45, 2.75) is 63.7 Å². The number of fused-ring (bicyclic) bond motifs is 1. The van der Waals surface area contributed by atoms with Crippen molar-refractivity contribution in [3.63, 3.8) is 0 Å². The second-order valence-electron chi connectivity index (χ2n) is 11.3. The molecule has 2 saturated heterocycles. The van der Waals surface area contributed by atoms with Crippen LogP contribution >= 0.6 is 0 Å². The van der Waals surface area contributed by atoms with Crippen LogP contribution < -0.4 is 0 Å². The number of aryl methyl sites for hydroxylation is 1. The fraction of sp³-hybridized carbons (Fsp3) is 0.517. The highest BCUT2D eigenvalue weighted by Gasteiger charge is 2.48. The van der Waals surface area contributed by atoms with Gasteiger partial charge in [-0.2, -0.15) is 8.42 Å². The van der Waals surface area contributed by atoms with Crippen LogP contribution in [0, 0.1) is 18.8 Å².